The molecule has 1 aromatic heterocycles. The molecule has 1 aliphatic rings. The molecule has 4 rings (SSSR count). The largest absolute Gasteiger partial charge is 0.418 e. The van der Waals surface area contributed by atoms with Gasteiger partial charge in [-0.05, 0) is 42.3 Å². The molecule has 2 heterocycles. The Balaban J connectivity index is 1.38. The maximum Gasteiger partial charge on any atom is 0.418 e. The van der Waals surface area contributed by atoms with Crippen molar-refractivity contribution in [2.75, 3.05) is 18.5 Å². The fraction of sp³-hybridized carbons (Fsp3) is 0.280. The van der Waals surface area contributed by atoms with Crippen LogP contribution < -0.4 is 10.6 Å². The van der Waals surface area contributed by atoms with Crippen molar-refractivity contribution in [1.29, 1.82) is 0 Å². The van der Waals surface area contributed by atoms with Crippen LogP contribution in [0.1, 0.15) is 34.3 Å². The van der Waals surface area contributed by atoms with Gasteiger partial charge in [-0.15, -0.1) is 0 Å². The molecular formula is C25H23F3N4O3. The third kappa shape index (κ3) is 5.83. The van der Waals surface area contributed by atoms with Crippen LogP contribution in [0, 0.1) is 5.41 Å². The van der Waals surface area contributed by atoms with E-state index < -0.39 is 17.2 Å². The summed E-state index contributed by atoms with van der Waals surface area (Å²) in [5.41, 5.74) is -0.144. The summed E-state index contributed by atoms with van der Waals surface area (Å²) in [6.45, 7) is 0.727. The topological polar surface area (TPSA) is 93.2 Å². The molecule has 0 spiro atoms. The number of para-hydroxylation sites is 1. The lowest BCUT2D eigenvalue weighted by molar-refractivity contribution is -0.137. The van der Waals surface area contributed by atoms with E-state index in [1.54, 1.807) is 30.3 Å². The van der Waals surface area contributed by atoms with Crippen molar-refractivity contribution in [3.63, 3.8) is 0 Å². The number of Topliss-reactive ketones (excluding diaryl/α,β-unsaturated/α-hetero) is 1. The van der Waals surface area contributed by atoms with Crippen LogP contribution >= 0.6 is 0 Å². The average Bonchev–Trinajstić information content (AvgIpc) is 3.33. The second-order valence-corrected chi connectivity index (χ2v) is 8.36. The zero-order chi connectivity index (χ0) is 24.9. The molecule has 2 N–H and O–H groups in total. The summed E-state index contributed by atoms with van der Waals surface area (Å²) >= 11 is 0. The third-order valence-electron chi connectivity index (χ3n) is 5.91. The number of hydrogen-bond acceptors (Lipinski definition) is 6. The first-order chi connectivity index (χ1) is 16.8. The normalized spacial score (nSPS) is 17.7. The van der Waals surface area contributed by atoms with Gasteiger partial charge in [0.15, 0.2) is 5.78 Å². The molecule has 0 radical (unpaired) electrons. The zero-order valence-electron chi connectivity index (χ0n) is 18.6. The van der Waals surface area contributed by atoms with Gasteiger partial charge in [-0.1, -0.05) is 24.3 Å². The fourth-order valence-corrected chi connectivity index (χ4v) is 3.94. The Kier molecular flexibility index (Phi) is 7.11. The van der Waals surface area contributed by atoms with Crippen molar-refractivity contribution < 1.29 is 27.5 Å². The van der Waals surface area contributed by atoms with E-state index in [0.29, 0.717) is 24.3 Å². The number of nitrogens with one attached hydrogen (secondary N) is 2. The van der Waals surface area contributed by atoms with E-state index in [-0.39, 0.29) is 37.0 Å². The number of ketones is 1. The Labute approximate surface area is 199 Å². The highest BCUT2D eigenvalue weighted by atomic mass is 19.4. The number of halogens is 3. The molecule has 0 saturated carbocycles. The first-order valence-corrected chi connectivity index (χ1v) is 10.9. The molecule has 7 nitrogen and oxygen atoms in total. The van der Waals surface area contributed by atoms with Crippen molar-refractivity contribution in [3.05, 3.63) is 83.7 Å². The molecule has 0 aliphatic carbocycles. The van der Waals surface area contributed by atoms with Gasteiger partial charge >= 0.3 is 6.18 Å². The quantitative estimate of drug-likeness (QED) is 0.456. The van der Waals surface area contributed by atoms with E-state index in [0.717, 1.165) is 11.6 Å². The second kappa shape index (κ2) is 10.2. The van der Waals surface area contributed by atoms with Crippen LogP contribution in [0.25, 0.3) is 0 Å². The van der Waals surface area contributed by atoms with E-state index in [4.69, 9.17) is 4.74 Å². The van der Waals surface area contributed by atoms with Crippen LogP contribution in [-0.4, -0.2) is 35.1 Å². The van der Waals surface area contributed by atoms with Crippen LogP contribution in [0.2, 0.25) is 0 Å². The summed E-state index contributed by atoms with van der Waals surface area (Å²) in [6, 6.07) is 13.5. The van der Waals surface area contributed by atoms with E-state index in [9.17, 15) is 22.8 Å². The summed E-state index contributed by atoms with van der Waals surface area (Å²) < 4.78 is 45.1. The Morgan fingerprint density at radius 1 is 1.03 bits per heavy atom. The Morgan fingerprint density at radius 3 is 2.46 bits per heavy atom. The van der Waals surface area contributed by atoms with Gasteiger partial charge in [0.05, 0.1) is 35.7 Å². The van der Waals surface area contributed by atoms with E-state index in [1.807, 2.05) is 0 Å². The highest BCUT2D eigenvalue weighted by Crippen LogP contribution is 2.36. The van der Waals surface area contributed by atoms with Gasteiger partial charge in [0.2, 0.25) is 5.91 Å². The molecular weight excluding hydrogens is 461 g/mol. The highest BCUT2D eigenvalue weighted by Gasteiger charge is 2.44. The SMILES string of the molecule is O=C(C[C@@]1(C(=O)NCc2ccc(Nc3ccccc3C(F)(F)F)cc2)CCOC1)c1ccnnc1. The van der Waals surface area contributed by atoms with Gasteiger partial charge in [-0.25, -0.2) is 0 Å². The molecule has 1 amide bonds. The summed E-state index contributed by atoms with van der Waals surface area (Å²) in [5.74, 6) is -0.498. The minimum absolute atomic E-state index is 0.00794. The smallest absolute Gasteiger partial charge is 0.380 e. The van der Waals surface area contributed by atoms with E-state index >= 15 is 0 Å². The van der Waals surface area contributed by atoms with Gasteiger partial charge < -0.3 is 15.4 Å². The number of aromatic nitrogens is 2. The molecule has 0 bridgehead atoms. The van der Waals surface area contributed by atoms with Crippen molar-refractivity contribution in [3.8, 4) is 0 Å². The Bertz CT molecular complexity index is 1180. The van der Waals surface area contributed by atoms with Crippen LogP contribution in [0.3, 0.4) is 0 Å². The van der Waals surface area contributed by atoms with Crippen LogP contribution in [0.15, 0.2) is 67.0 Å². The maximum absolute atomic E-state index is 13.2. The molecule has 35 heavy (non-hydrogen) atoms. The highest BCUT2D eigenvalue weighted by molar-refractivity contribution is 5.99. The summed E-state index contributed by atoms with van der Waals surface area (Å²) in [4.78, 5) is 25.7. The van der Waals surface area contributed by atoms with E-state index in [1.165, 1.54) is 30.6 Å². The fourth-order valence-electron chi connectivity index (χ4n) is 3.94. The predicted molar refractivity (Wildman–Crippen MR) is 122 cm³/mol. The molecule has 3 aromatic rings. The maximum atomic E-state index is 13.2. The molecule has 1 saturated heterocycles. The second-order valence-electron chi connectivity index (χ2n) is 8.36. The van der Waals surface area contributed by atoms with Gasteiger partial charge in [0.1, 0.15) is 0 Å². The molecule has 2 aromatic carbocycles. The number of nitrogens with zero attached hydrogens (tertiary/aromatic N) is 2. The van der Waals surface area contributed by atoms with Gasteiger partial charge in [-0.3, -0.25) is 9.59 Å². The van der Waals surface area contributed by atoms with Crippen molar-refractivity contribution in [2.24, 2.45) is 5.41 Å². The summed E-state index contributed by atoms with van der Waals surface area (Å²) in [7, 11) is 0. The standard InChI is InChI=1S/C25H23F3N4O3/c26-25(27,28)20-3-1-2-4-21(20)32-19-7-5-17(6-8-19)14-29-23(34)24(10-12-35-16-24)13-22(33)18-9-11-30-31-15-18/h1-9,11,15,32H,10,12-14,16H2,(H,29,34)/t24-/m0/s1. The number of hydrogen-bond donors (Lipinski definition) is 2. The van der Waals surface area contributed by atoms with Crippen LogP contribution in [0.4, 0.5) is 24.5 Å². The Morgan fingerprint density at radius 2 is 1.80 bits per heavy atom. The van der Waals surface area contributed by atoms with Crippen molar-refractivity contribution in [2.45, 2.75) is 25.6 Å². The molecule has 1 fully saturated rings. The van der Waals surface area contributed by atoms with Crippen LogP contribution in [-0.2, 0) is 22.3 Å². The predicted octanol–water partition coefficient (Wildman–Crippen LogP) is 4.53. The van der Waals surface area contributed by atoms with Crippen LogP contribution in [0.5, 0.6) is 0 Å². The van der Waals surface area contributed by atoms with E-state index in [2.05, 4.69) is 20.8 Å². The first-order valence-electron chi connectivity index (χ1n) is 10.9. The number of anilines is 2. The summed E-state index contributed by atoms with van der Waals surface area (Å²) in [5, 5.41) is 13.0. The third-order valence-corrected chi connectivity index (χ3v) is 5.91. The molecule has 1 aliphatic heterocycles. The molecule has 0 unspecified atom stereocenters. The molecule has 10 heteroatoms. The van der Waals surface area contributed by atoms with Crippen molar-refractivity contribution >= 4 is 23.1 Å². The zero-order valence-corrected chi connectivity index (χ0v) is 18.6. The van der Waals surface area contributed by atoms with Crippen molar-refractivity contribution in [1.82, 2.24) is 15.5 Å². The number of ether oxygens (including phenoxy) is 1. The number of benzene rings is 2. The lowest BCUT2D eigenvalue weighted by Crippen LogP contribution is -2.42. The monoisotopic (exact) mass is 484 g/mol. The lowest BCUT2D eigenvalue weighted by atomic mass is 9.80. The number of alkyl halides is 3. The average molecular weight is 484 g/mol. The number of carbonyl (C=O) groups excluding carboxylic acids is 2. The number of amides is 1. The minimum Gasteiger partial charge on any atom is -0.380 e. The van der Waals surface area contributed by atoms with Gasteiger partial charge in [0, 0.05) is 30.8 Å². The number of carbonyl (C=O) groups is 2. The molecule has 182 valence electrons. The van der Waals surface area contributed by atoms with Gasteiger partial charge in [-0.2, -0.15) is 23.4 Å². The summed E-state index contributed by atoms with van der Waals surface area (Å²) in [6.07, 6.45) is -1.27. The minimum atomic E-state index is -4.47. The molecule has 1 atom stereocenters. The Hall–Kier alpha value is -3.79. The first kappa shape index (κ1) is 24.3. The number of rotatable bonds is 8. The lowest BCUT2D eigenvalue weighted by Gasteiger charge is -2.25. The van der Waals surface area contributed by atoms with Gasteiger partial charge in [0.25, 0.3) is 0 Å².